The van der Waals surface area contributed by atoms with Crippen LogP contribution in [-0.4, -0.2) is 5.97 Å². The standard InChI is InChI=1S/C13H12O2/c14-13-11-7-2-1-5-9(11)10-6-3-4-8-12(10)15-13/h1-5,7-11H,6H2. The van der Waals surface area contributed by atoms with Crippen molar-refractivity contribution in [3.63, 3.8) is 0 Å². The molecule has 3 unspecified atom stereocenters. The fourth-order valence-electron chi connectivity index (χ4n) is 2.51. The lowest BCUT2D eigenvalue weighted by Gasteiger charge is -2.37. The number of hydrogen-bond acceptors (Lipinski definition) is 2. The average Bonchev–Trinajstić information content (AvgIpc) is 2.30. The van der Waals surface area contributed by atoms with Gasteiger partial charge >= 0.3 is 5.97 Å². The summed E-state index contributed by atoms with van der Waals surface area (Å²) in [5, 5.41) is 0. The van der Waals surface area contributed by atoms with Crippen LogP contribution in [0.4, 0.5) is 0 Å². The molecule has 1 heterocycles. The van der Waals surface area contributed by atoms with Crippen LogP contribution in [0.1, 0.15) is 6.42 Å². The normalized spacial score (nSPS) is 36.7. The first-order chi connectivity index (χ1) is 7.36. The topological polar surface area (TPSA) is 26.3 Å². The van der Waals surface area contributed by atoms with Gasteiger partial charge in [-0.25, -0.2) is 0 Å². The summed E-state index contributed by atoms with van der Waals surface area (Å²) < 4.78 is 5.35. The number of rotatable bonds is 0. The van der Waals surface area contributed by atoms with E-state index in [-0.39, 0.29) is 17.8 Å². The van der Waals surface area contributed by atoms with E-state index in [1.807, 2.05) is 30.4 Å². The molecule has 1 fully saturated rings. The van der Waals surface area contributed by atoms with Crippen molar-refractivity contribution in [3.05, 3.63) is 48.3 Å². The molecule has 0 amide bonds. The SMILES string of the molecule is O=C1OC2=CC=CCC2C2C=CC=CC12. The molecule has 2 nitrogen and oxygen atoms in total. The minimum Gasteiger partial charge on any atom is -0.430 e. The number of allylic oxidation sites excluding steroid dienone is 7. The summed E-state index contributed by atoms with van der Waals surface area (Å²) in [6, 6.07) is 0. The van der Waals surface area contributed by atoms with E-state index in [1.54, 1.807) is 0 Å². The molecule has 1 aliphatic heterocycles. The van der Waals surface area contributed by atoms with Crippen LogP contribution >= 0.6 is 0 Å². The minimum atomic E-state index is -0.113. The van der Waals surface area contributed by atoms with Gasteiger partial charge in [-0.05, 0) is 12.5 Å². The largest absolute Gasteiger partial charge is 0.430 e. The monoisotopic (exact) mass is 200 g/mol. The Bertz CT molecular complexity index is 412. The van der Waals surface area contributed by atoms with Crippen LogP contribution in [0.15, 0.2) is 48.3 Å². The third kappa shape index (κ3) is 1.29. The van der Waals surface area contributed by atoms with E-state index in [9.17, 15) is 4.79 Å². The predicted molar refractivity (Wildman–Crippen MR) is 56.7 cm³/mol. The van der Waals surface area contributed by atoms with Crippen molar-refractivity contribution in [2.45, 2.75) is 6.42 Å². The van der Waals surface area contributed by atoms with Gasteiger partial charge in [0, 0.05) is 11.8 Å². The van der Waals surface area contributed by atoms with E-state index in [0.717, 1.165) is 12.2 Å². The molecule has 3 rings (SSSR count). The fraction of sp³-hybridized carbons (Fsp3) is 0.308. The summed E-state index contributed by atoms with van der Waals surface area (Å²) in [5.74, 6) is 1.28. The molecular weight excluding hydrogens is 188 g/mol. The van der Waals surface area contributed by atoms with Gasteiger partial charge < -0.3 is 4.74 Å². The Morgan fingerprint density at radius 2 is 2.07 bits per heavy atom. The minimum absolute atomic E-state index is 0.0800. The summed E-state index contributed by atoms with van der Waals surface area (Å²) in [6.45, 7) is 0. The number of hydrogen-bond donors (Lipinski definition) is 0. The second kappa shape index (κ2) is 3.23. The molecular formula is C13H12O2. The second-order valence-corrected chi connectivity index (χ2v) is 4.13. The highest BCUT2D eigenvalue weighted by molar-refractivity contribution is 5.78. The summed E-state index contributed by atoms with van der Waals surface area (Å²) >= 11 is 0. The van der Waals surface area contributed by atoms with Gasteiger partial charge in [0.25, 0.3) is 0 Å². The Labute approximate surface area is 88.6 Å². The first-order valence-electron chi connectivity index (χ1n) is 5.29. The summed E-state index contributed by atoms with van der Waals surface area (Å²) in [6.07, 6.45) is 15.0. The maximum Gasteiger partial charge on any atom is 0.318 e. The number of carbonyl (C=O) groups excluding carboxylic acids is 1. The zero-order valence-electron chi connectivity index (χ0n) is 8.30. The number of ether oxygens (including phenoxy) is 1. The van der Waals surface area contributed by atoms with Gasteiger partial charge in [-0.2, -0.15) is 0 Å². The van der Waals surface area contributed by atoms with Gasteiger partial charge in [-0.1, -0.05) is 36.5 Å². The van der Waals surface area contributed by atoms with Crippen molar-refractivity contribution >= 4 is 5.97 Å². The van der Waals surface area contributed by atoms with Crippen LogP contribution in [0.2, 0.25) is 0 Å². The number of carbonyl (C=O) groups is 1. The van der Waals surface area contributed by atoms with Gasteiger partial charge in [-0.15, -0.1) is 0 Å². The first kappa shape index (κ1) is 8.72. The zero-order valence-corrected chi connectivity index (χ0v) is 8.30. The van der Waals surface area contributed by atoms with E-state index >= 15 is 0 Å². The van der Waals surface area contributed by atoms with Crippen LogP contribution in [0.3, 0.4) is 0 Å². The van der Waals surface area contributed by atoms with E-state index in [0.29, 0.717) is 5.92 Å². The molecule has 2 heteroatoms. The van der Waals surface area contributed by atoms with Crippen LogP contribution in [0, 0.1) is 17.8 Å². The molecule has 0 aromatic rings. The van der Waals surface area contributed by atoms with Crippen LogP contribution in [-0.2, 0) is 9.53 Å². The molecule has 3 atom stereocenters. The highest BCUT2D eigenvalue weighted by Crippen LogP contribution is 2.41. The van der Waals surface area contributed by atoms with Gasteiger partial charge in [-0.3, -0.25) is 4.79 Å². The zero-order chi connectivity index (χ0) is 10.3. The highest BCUT2D eigenvalue weighted by Gasteiger charge is 2.41. The molecule has 76 valence electrons. The van der Waals surface area contributed by atoms with Crippen molar-refractivity contribution < 1.29 is 9.53 Å². The molecule has 0 aromatic heterocycles. The van der Waals surface area contributed by atoms with Crippen molar-refractivity contribution in [1.82, 2.24) is 0 Å². The Morgan fingerprint density at radius 1 is 1.20 bits per heavy atom. The lowest BCUT2D eigenvalue weighted by molar-refractivity contribution is -0.149. The smallest absolute Gasteiger partial charge is 0.318 e. The van der Waals surface area contributed by atoms with Crippen LogP contribution < -0.4 is 0 Å². The van der Waals surface area contributed by atoms with Crippen molar-refractivity contribution in [3.8, 4) is 0 Å². The predicted octanol–water partition coefficient (Wildman–Crippen LogP) is 2.36. The number of fused-ring (bicyclic) bond motifs is 3. The lowest BCUT2D eigenvalue weighted by Crippen LogP contribution is -2.37. The van der Waals surface area contributed by atoms with Gasteiger partial charge in [0.1, 0.15) is 5.76 Å². The average molecular weight is 200 g/mol. The quantitative estimate of drug-likeness (QED) is 0.561. The van der Waals surface area contributed by atoms with Gasteiger partial charge in [0.15, 0.2) is 0 Å². The molecule has 2 aliphatic carbocycles. The third-order valence-electron chi connectivity index (χ3n) is 3.28. The van der Waals surface area contributed by atoms with E-state index in [2.05, 4.69) is 12.2 Å². The highest BCUT2D eigenvalue weighted by atomic mass is 16.5. The molecule has 0 aromatic carbocycles. The Kier molecular flexibility index (Phi) is 1.88. The summed E-state index contributed by atoms with van der Waals surface area (Å²) in [4.78, 5) is 11.7. The molecule has 0 spiro atoms. The van der Waals surface area contributed by atoms with Gasteiger partial charge in [0.05, 0.1) is 5.92 Å². The van der Waals surface area contributed by atoms with Crippen LogP contribution in [0.5, 0.6) is 0 Å². The van der Waals surface area contributed by atoms with Crippen molar-refractivity contribution in [2.24, 2.45) is 17.8 Å². The molecule has 1 saturated heterocycles. The Morgan fingerprint density at radius 3 is 3.00 bits per heavy atom. The van der Waals surface area contributed by atoms with E-state index in [1.165, 1.54) is 0 Å². The van der Waals surface area contributed by atoms with Gasteiger partial charge in [0.2, 0.25) is 0 Å². The number of esters is 1. The van der Waals surface area contributed by atoms with E-state index in [4.69, 9.17) is 4.74 Å². The molecule has 3 aliphatic rings. The van der Waals surface area contributed by atoms with Crippen LogP contribution in [0.25, 0.3) is 0 Å². The maximum atomic E-state index is 11.7. The molecule has 0 saturated carbocycles. The van der Waals surface area contributed by atoms with Crippen molar-refractivity contribution in [2.75, 3.05) is 0 Å². The van der Waals surface area contributed by atoms with E-state index < -0.39 is 0 Å². The third-order valence-corrected chi connectivity index (χ3v) is 3.28. The summed E-state index contributed by atoms with van der Waals surface area (Å²) in [5.41, 5.74) is 0. The molecule has 0 radical (unpaired) electrons. The Balaban J connectivity index is 1.99. The lowest BCUT2D eigenvalue weighted by atomic mass is 9.73. The second-order valence-electron chi connectivity index (χ2n) is 4.13. The molecule has 15 heavy (non-hydrogen) atoms. The molecule has 0 bridgehead atoms. The summed E-state index contributed by atoms with van der Waals surface area (Å²) in [7, 11) is 0. The molecule has 0 N–H and O–H groups in total. The Hall–Kier alpha value is -1.57. The fourth-order valence-corrected chi connectivity index (χ4v) is 2.51. The maximum absolute atomic E-state index is 11.7. The van der Waals surface area contributed by atoms with Crippen molar-refractivity contribution in [1.29, 1.82) is 0 Å². The first-order valence-corrected chi connectivity index (χ1v) is 5.29.